The van der Waals surface area contributed by atoms with Crippen LogP contribution in [-0.2, 0) is 4.79 Å². The zero-order valence-corrected chi connectivity index (χ0v) is 15.5. The topological polar surface area (TPSA) is 65.5 Å². The first kappa shape index (κ1) is 19.3. The summed E-state index contributed by atoms with van der Waals surface area (Å²) in [4.78, 5) is 32.5. The molecule has 3 rings (SSSR count). The molecular weight excluding hydrogens is 371 g/mol. The SMILES string of the molecule is O=C(CN1CCCN(C(=O)c2cccc(F)c2)CC1)Nc1ccc(Cl)cn1. The minimum atomic E-state index is -0.426. The van der Waals surface area contributed by atoms with Crippen LogP contribution in [0, 0.1) is 5.82 Å². The van der Waals surface area contributed by atoms with E-state index in [0.717, 1.165) is 6.42 Å². The second-order valence-corrected chi connectivity index (χ2v) is 6.78. The third-order valence-corrected chi connectivity index (χ3v) is 4.53. The van der Waals surface area contributed by atoms with Gasteiger partial charge in [0.25, 0.3) is 5.91 Å². The second kappa shape index (κ2) is 8.92. The minimum Gasteiger partial charge on any atom is -0.337 e. The van der Waals surface area contributed by atoms with Gasteiger partial charge < -0.3 is 10.2 Å². The summed E-state index contributed by atoms with van der Waals surface area (Å²) in [6.45, 7) is 2.55. The summed E-state index contributed by atoms with van der Waals surface area (Å²) in [5, 5.41) is 3.23. The smallest absolute Gasteiger partial charge is 0.254 e. The molecule has 142 valence electrons. The quantitative estimate of drug-likeness (QED) is 0.871. The molecule has 0 saturated carbocycles. The van der Waals surface area contributed by atoms with Crippen molar-refractivity contribution in [3.05, 3.63) is 59.0 Å². The lowest BCUT2D eigenvalue weighted by Crippen LogP contribution is -2.38. The van der Waals surface area contributed by atoms with Crippen molar-refractivity contribution in [2.75, 3.05) is 38.0 Å². The molecule has 1 aliphatic rings. The number of nitrogens with one attached hydrogen (secondary N) is 1. The Morgan fingerprint density at radius 1 is 1.15 bits per heavy atom. The zero-order chi connectivity index (χ0) is 19.2. The molecule has 1 aromatic carbocycles. The van der Waals surface area contributed by atoms with Crippen LogP contribution in [0.2, 0.25) is 5.02 Å². The first-order chi connectivity index (χ1) is 13.0. The number of hydrogen-bond acceptors (Lipinski definition) is 4. The van der Waals surface area contributed by atoms with Crippen LogP contribution in [0.1, 0.15) is 16.8 Å². The van der Waals surface area contributed by atoms with Crippen LogP contribution in [0.5, 0.6) is 0 Å². The predicted octanol–water partition coefficient (Wildman–Crippen LogP) is 2.66. The van der Waals surface area contributed by atoms with Crippen molar-refractivity contribution in [2.24, 2.45) is 0 Å². The Labute approximate surface area is 161 Å². The largest absolute Gasteiger partial charge is 0.337 e. The third kappa shape index (κ3) is 5.48. The van der Waals surface area contributed by atoms with Crippen LogP contribution >= 0.6 is 11.6 Å². The summed E-state index contributed by atoms with van der Waals surface area (Å²) >= 11 is 5.78. The number of carbonyl (C=O) groups excluding carboxylic acids is 2. The van der Waals surface area contributed by atoms with Crippen LogP contribution in [0.15, 0.2) is 42.6 Å². The first-order valence-electron chi connectivity index (χ1n) is 8.70. The molecule has 0 atom stereocenters. The van der Waals surface area contributed by atoms with E-state index in [4.69, 9.17) is 11.6 Å². The van der Waals surface area contributed by atoms with E-state index >= 15 is 0 Å². The lowest BCUT2D eigenvalue weighted by atomic mass is 10.2. The Morgan fingerprint density at radius 3 is 2.74 bits per heavy atom. The van der Waals surface area contributed by atoms with Gasteiger partial charge in [-0.3, -0.25) is 14.5 Å². The highest BCUT2D eigenvalue weighted by Gasteiger charge is 2.21. The number of pyridine rings is 1. The highest BCUT2D eigenvalue weighted by atomic mass is 35.5. The molecule has 0 radical (unpaired) electrons. The van der Waals surface area contributed by atoms with Gasteiger partial charge in [-0.2, -0.15) is 0 Å². The van der Waals surface area contributed by atoms with Crippen LogP contribution in [-0.4, -0.2) is 59.3 Å². The summed E-state index contributed by atoms with van der Waals surface area (Å²) in [5.74, 6) is -0.340. The van der Waals surface area contributed by atoms with Gasteiger partial charge >= 0.3 is 0 Å². The fourth-order valence-electron chi connectivity index (χ4n) is 2.97. The van der Waals surface area contributed by atoms with Crippen molar-refractivity contribution in [1.82, 2.24) is 14.8 Å². The molecule has 1 N–H and O–H groups in total. The first-order valence-corrected chi connectivity index (χ1v) is 9.08. The molecule has 2 heterocycles. The lowest BCUT2D eigenvalue weighted by Gasteiger charge is -2.21. The highest BCUT2D eigenvalue weighted by molar-refractivity contribution is 6.30. The molecule has 8 heteroatoms. The molecule has 0 bridgehead atoms. The molecule has 0 spiro atoms. The van der Waals surface area contributed by atoms with E-state index in [-0.39, 0.29) is 18.4 Å². The average molecular weight is 391 g/mol. The van der Waals surface area contributed by atoms with Crippen molar-refractivity contribution in [3.8, 4) is 0 Å². The maximum Gasteiger partial charge on any atom is 0.254 e. The highest BCUT2D eigenvalue weighted by Crippen LogP contribution is 2.12. The number of rotatable bonds is 4. The van der Waals surface area contributed by atoms with Gasteiger partial charge in [-0.1, -0.05) is 17.7 Å². The van der Waals surface area contributed by atoms with Crippen molar-refractivity contribution < 1.29 is 14.0 Å². The summed E-state index contributed by atoms with van der Waals surface area (Å²) in [7, 11) is 0. The average Bonchev–Trinajstić information content (AvgIpc) is 2.88. The fourth-order valence-corrected chi connectivity index (χ4v) is 3.08. The van der Waals surface area contributed by atoms with E-state index < -0.39 is 5.82 Å². The van der Waals surface area contributed by atoms with Crippen molar-refractivity contribution in [3.63, 3.8) is 0 Å². The van der Waals surface area contributed by atoms with Gasteiger partial charge in [-0.15, -0.1) is 0 Å². The van der Waals surface area contributed by atoms with Crippen LogP contribution < -0.4 is 5.32 Å². The normalized spacial score (nSPS) is 15.3. The van der Waals surface area contributed by atoms with Crippen LogP contribution in [0.3, 0.4) is 0 Å². The second-order valence-electron chi connectivity index (χ2n) is 6.34. The van der Waals surface area contributed by atoms with Gasteiger partial charge in [-0.25, -0.2) is 9.37 Å². The number of hydrogen-bond donors (Lipinski definition) is 1. The van der Waals surface area contributed by atoms with Gasteiger partial charge in [0, 0.05) is 37.9 Å². The van der Waals surface area contributed by atoms with Gasteiger partial charge in [0.1, 0.15) is 11.6 Å². The van der Waals surface area contributed by atoms with Crippen molar-refractivity contribution in [1.29, 1.82) is 0 Å². The van der Waals surface area contributed by atoms with E-state index in [1.807, 2.05) is 4.90 Å². The van der Waals surface area contributed by atoms with E-state index in [1.165, 1.54) is 24.4 Å². The minimum absolute atomic E-state index is 0.172. The maximum absolute atomic E-state index is 13.3. The number of nitrogens with zero attached hydrogens (tertiary/aromatic N) is 3. The number of carbonyl (C=O) groups is 2. The number of aromatic nitrogens is 1. The lowest BCUT2D eigenvalue weighted by molar-refractivity contribution is -0.117. The molecule has 6 nitrogen and oxygen atoms in total. The molecule has 2 amide bonds. The van der Waals surface area contributed by atoms with Gasteiger partial charge in [-0.05, 0) is 36.8 Å². The number of anilines is 1. The third-order valence-electron chi connectivity index (χ3n) is 4.31. The Kier molecular flexibility index (Phi) is 6.36. The van der Waals surface area contributed by atoms with Gasteiger partial charge in [0.2, 0.25) is 5.91 Å². The summed E-state index contributed by atoms with van der Waals surface area (Å²) in [5.41, 5.74) is 0.343. The number of benzene rings is 1. The number of halogens is 2. The number of amides is 2. The monoisotopic (exact) mass is 390 g/mol. The Balaban J connectivity index is 1.52. The predicted molar refractivity (Wildman–Crippen MR) is 101 cm³/mol. The molecule has 27 heavy (non-hydrogen) atoms. The zero-order valence-electron chi connectivity index (χ0n) is 14.7. The Bertz CT molecular complexity index is 816. The Morgan fingerprint density at radius 2 is 2.00 bits per heavy atom. The molecular formula is C19H20ClFN4O2. The Hall–Kier alpha value is -2.51. The van der Waals surface area contributed by atoms with Crippen molar-refractivity contribution >= 4 is 29.2 Å². The van der Waals surface area contributed by atoms with Gasteiger partial charge in [0.15, 0.2) is 0 Å². The molecule has 0 aliphatic carbocycles. The summed E-state index contributed by atoms with van der Waals surface area (Å²) in [6.07, 6.45) is 2.21. The van der Waals surface area contributed by atoms with Gasteiger partial charge in [0.05, 0.1) is 11.6 Å². The van der Waals surface area contributed by atoms with Crippen LogP contribution in [0.4, 0.5) is 10.2 Å². The van der Waals surface area contributed by atoms with Crippen molar-refractivity contribution in [2.45, 2.75) is 6.42 Å². The molecule has 1 saturated heterocycles. The maximum atomic E-state index is 13.3. The molecule has 2 aromatic rings. The standard InChI is InChI=1S/C19H20ClFN4O2/c20-15-5-6-17(22-12-15)23-18(26)13-24-7-2-8-25(10-9-24)19(27)14-3-1-4-16(21)11-14/h1,3-6,11-12H,2,7-10,13H2,(H,22,23,26). The molecule has 1 aromatic heterocycles. The molecule has 1 aliphatic heterocycles. The van der Waals surface area contributed by atoms with E-state index in [1.54, 1.807) is 23.1 Å². The van der Waals surface area contributed by atoms with Crippen LogP contribution in [0.25, 0.3) is 0 Å². The molecule has 0 unspecified atom stereocenters. The van der Waals surface area contributed by atoms with E-state index in [9.17, 15) is 14.0 Å². The molecule has 1 fully saturated rings. The van der Waals surface area contributed by atoms with E-state index in [2.05, 4.69) is 10.3 Å². The summed E-state index contributed by atoms with van der Waals surface area (Å²) < 4.78 is 13.3. The van der Waals surface area contributed by atoms with E-state index in [0.29, 0.717) is 42.6 Å². The summed E-state index contributed by atoms with van der Waals surface area (Å²) in [6, 6.07) is 9.00. The fraction of sp³-hybridized carbons (Fsp3) is 0.316.